The summed E-state index contributed by atoms with van der Waals surface area (Å²) in [4.78, 5) is 2.29. The van der Waals surface area contributed by atoms with Crippen molar-refractivity contribution in [3.8, 4) is 0 Å². The van der Waals surface area contributed by atoms with Crippen molar-refractivity contribution in [1.29, 1.82) is 0 Å². The van der Waals surface area contributed by atoms with Crippen LogP contribution >= 0.6 is 11.6 Å². The van der Waals surface area contributed by atoms with Crippen LogP contribution < -0.4 is 5.32 Å². The van der Waals surface area contributed by atoms with Gasteiger partial charge in [-0.3, -0.25) is 0 Å². The summed E-state index contributed by atoms with van der Waals surface area (Å²) < 4.78 is 0. The number of likely N-dealkylation sites (N-methyl/N-ethyl adjacent to an activating group) is 1. The lowest BCUT2D eigenvalue weighted by molar-refractivity contribution is 0.414. The Kier molecular flexibility index (Phi) is 2.84. The molecule has 0 unspecified atom stereocenters. The second-order valence-electron chi connectivity index (χ2n) is 3.63. The molecular weight excluding hydrogens is 200 g/mol. The molecule has 0 aromatic carbocycles. The van der Waals surface area contributed by atoms with Gasteiger partial charge in [0.2, 0.25) is 0 Å². The zero-order chi connectivity index (χ0) is 9.97. The molecule has 2 rings (SSSR count). The Bertz CT molecular complexity index is 300. The minimum absolute atomic E-state index is 0.430. The average molecular weight is 213 g/mol. The minimum Gasteiger partial charge on any atom is -0.365 e. The summed E-state index contributed by atoms with van der Waals surface area (Å²) in [6.45, 7) is 2.20. The maximum Gasteiger partial charge on any atom is 0.151 e. The predicted molar refractivity (Wildman–Crippen MR) is 56.6 cm³/mol. The number of rotatable bonds is 2. The van der Waals surface area contributed by atoms with Gasteiger partial charge in [-0.1, -0.05) is 11.6 Å². The van der Waals surface area contributed by atoms with Gasteiger partial charge in [0.25, 0.3) is 0 Å². The summed E-state index contributed by atoms with van der Waals surface area (Å²) in [6.07, 6.45) is 1.15. The summed E-state index contributed by atoms with van der Waals surface area (Å²) >= 11 is 5.64. The SMILES string of the molecule is CN1CC[C@@H](Nc2ccc(Cl)nn2)C1. The highest BCUT2D eigenvalue weighted by Crippen LogP contribution is 2.13. The number of anilines is 1. The summed E-state index contributed by atoms with van der Waals surface area (Å²) in [5.41, 5.74) is 0. The third-order valence-corrected chi connectivity index (χ3v) is 2.58. The number of nitrogens with zero attached hydrogens (tertiary/aromatic N) is 3. The quantitative estimate of drug-likeness (QED) is 0.801. The van der Waals surface area contributed by atoms with Crippen LogP contribution in [-0.4, -0.2) is 41.3 Å². The molecule has 1 aromatic rings. The van der Waals surface area contributed by atoms with Gasteiger partial charge in [0, 0.05) is 12.6 Å². The lowest BCUT2D eigenvalue weighted by Crippen LogP contribution is -2.24. The van der Waals surface area contributed by atoms with Gasteiger partial charge in [-0.25, -0.2) is 0 Å². The van der Waals surface area contributed by atoms with Crippen LogP contribution in [0.5, 0.6) is 0 Å². The second kappa shape index (κ2) is 4.11. The Balaban J connectivity index is 1.94. The van der Waals surface area contributed by atoms with Crippen LogP contribution in [-0.2, 0) is 0 Å². The van der Waals surface area contributed by atoms with E-state index in [1.165, 1.54) is 0 Å². The van der Waals surface area contributed by atoms with Crippen LogP contribution in [0, 0.1) is 0 Å². The molecule has 14 heavy (non-hydrogen) atoms. The van der Waals surface area contributed by atoms with E-state index in [4.69, 9.17) is 11.6 Å². The van der Waals surface area contributed by atoms with Gasteiger partial charge >= 0.3 is 0 Å². The van der Waals surface area contributed by atoms with E-state index in [-0.39, 0.29) is 0 Å². The first-order valence-corrected chi connectivity index (χ1v) is 5.06. The molecule has 0 amide bonds. The van der Waals surface area contributed by atoms with Crippen LogP contribution in [0.1, 0.15) is 6.42 Å². The van der Waals surface area contributed by atoms with Crippen molar-refractivity contribution in [1.82, 2.24) is 15.1 Å². The fraction of sp³-hybridized carbons (Fsp3) is 0.556. The van der Waals surface area contributed by atoms with Gasteiger partial charge in [0.15, 0.2) is 5.15 Å². The molecule has 1 atom stereocenters. The number of hydrogen-bond donors (Lipinski definition) is 1. The van der Waals surface area contributed by atoms with Gasteiger partial charge < -0.3 is 10.2 Å². The molecule has 1 N–H and O–H groups in total. The van der Waals surface area contributed by atoms with Crippen LogP contribution in [0.25, 0.3) is 0 Å². The second-order valence-corrected chi connectivity index (χ2v) is 4.02. The van der Waals surface area contributed by atoms with Crippen molar-refractivity contribution < 1.29 is 0 Å². The molecular formula is C9H13ClN4. The number of hydrogen-bond acceptors (Lipinski definition) is 4. The van der Waals surface area contributed by atoms with Crippen LogP contribution in [0.2, 0.25) is 5.15 Å². The highest BCUT2D eigenvalue weighted by molar-refractivity contribution is 6.29. The number of likely N-dealkylation sites (tertiary alicyclic amines) is 1. The third kappa shape index (κ3) is 2.33. The van der Waals surface area contributed by atoms with Gasteiger partial charge in [-0.15, -0.1) is 10.2 Å². The molecule has 0 aliphatic carbocycles. The Morgan fingerprint density at radius 1 is 1.50 bits per heavy atom. The standard InChI is InChI=1S/C9H13ClN4/c1-14-5-4-7(6-14)11-9-3-2-8(10)12-13-9/h2-3,7H,4-6H2,1H3,(H,11,13)/t7-/m1/s1. The molecule has 1 aliphatic rings. The third-order valence-electron chi connectivity index (χ3n) is 2.38. The lowest BCUT2D eigenvalue weighted by atomic mass is 10.2. The normalized spacial score (nSPS) is 22.6. The summed E-state index contributed by atoms with van der Waals surface area (Å²) in [6, 6.07) is 4.08. The maximum atomic E-state index is 5.64. The molecule has 1 aromatic heterocycles. The molecule has 5 heteroatoms. The van der Waals surface area contributed by atoms with Gasteiger partial charge in [0.05, 0.1) is 0 Å². The Labute approximate surface area is 88.3 Å². The first-order chi connectivity index (χ1) is 6.74. The van der Waals surface area contributed by atoms with Gasteiger partial charge in [-0.05, 0) is 32.1 Å². The summed E-state index contributed by atoms with van der Waals surface area (Å²) in [5, 5.41) is 11.5. The smallest absolute Gasteiger partial charge is 0.151 e. The molecule has 1 aliphatic heterocycles. The number of nitrogens with one attached hydrogen (secondary N) is 1. The zero-order valence-electron chi connectivity index (χ0n) is 8.07. The van der Waals surface area contributed by atoms with E-state index >= 15 is 0 Å². The lowest BCUT2D eigenvalue weighted by Gasteiger charge is -2.12. The van der Waals surface area contributed by atoms with Crippen molar-refractivity contribution >= 4 is 17.4 Å². The fourth-order valence-corrected chi connectivity index (χ4v) is 1.76. The van der Waals surface area contributed by atoms with Crippen molar-refractivity contribution in [3.05, 3.63) is 17.3 Å². The Morgan fingerprint density at radius 3 is 2.93 bits per heavy atom. The first kappa shape index (κ1) is 9.68. The van der Waals surface area contributed by atoms with Crippen molar-refractivity contribution in [2.75, 3.05) is 25.5 Å². The van der Waals surface area contributed by atoms with Crippen LogP contribution in [0.15, 0.2) is 12.1 Å². The zero-order valence-corrected chi connectivity index (χ0v) is 8.83. The predicted octanol–water partition coefficient (Wildman–Crippen LogP) is 1.25. The van der Waals surface area contributed by atoms with E-state index < -0.39 is 0 Å². The van der Waals surface area contributed by atoms with Gasteiger partial charge in [0.1, 0.15) is 5.82 Å². The van der Waals surface area contributed by atoms with Crippen molar-refractivity contribution in [2.45, 2.75) is 12.5 Å². The Hall–Kier alpha value is -0.870. The van der Waals surface area contributed by atoms with E-state index in [1.54, 1.807) is 6.07 Å². The molecule has 0 radical (unpaired) electrons. The fourth-order valence-electron chi connectivity index (χ4n) is 1.65. The molecule has 76 valence electrons. The monoisotopic (exact) mass is 212 g/mol. The molecule has 4 nitrogen and oxygen atoms in total. The molecule has 1 saturated heterocycles. The summed E-state index contributed by atoms with van der Waals surface area (Å²) in [5.74, 6) is 0.801. The first-order valence-electron chi connectivity index (χ1n) is 4.68. The topological polar surface area (TPSA) is 41.0 Å². The van der Waals surface area contributed by atoms with E-state index in [0.29, 0.717) is 11.2 Å². The van der Waals surface area contributed by atoms with E-state index in [1.807, 2.05) is 6.07 Å². The van der Waals surface area contributed by atoms with E-state index in [2.05, 4.69) is 27.5 Å². The van der Waals surface area contributed by atoms with Crippen molar-refractivity contribution in [3.63, 3.8) is 0 Å². The summed E-state index contributed by atoms with van der Waals surface area (Å²) in [7, 11) is 2.12. The number of halogens is 1. The average Bonchev–Trinajstić information content (AvgIpc) is 2.56. The molecule has 2 heterocycles. The van der Waals surface area contributed by atoms with Crippen LogP contribution in [0.4, 0.5) is 5.82 Å². The largest absolute Gasteiger partial charge is 0.365 e. The molecule has 1 fully saturated rings. The molecule has 0 spiro atoms. The van der Waals surface area contributed by atoms with E-state index in [9.17, 15) is 0 Å². The van der Waals surface area contributed by atoms with Gasteiger partial charge in [-0.2, -0.15) is 0 Å². The van der Waals surface area contributed by atoms with E-state index in [0.717, 1.165) is 25.3 Å². The molecule has 0 saturated carbocycles. The molecule has 0 bridgehead atoms. The highest BCUT2D eigenvalue weighted by Gasteiger charge is 2.19. The van der Waals surface area contributed by atoms with Crippen LogP contribution in [0.3, 0.4) is 0 Å². The number of aromatic nitrogens is 2. The van der Waals surface area contributed by atoms with Crippen molar-refractivity contribution in [2.24, 2.45) is 0 Å². The minimum atomic E-state index is 0.430. The maximum absolute atomic E-state index is 5.64. The Morgan fingerprint density at radius 2 is 2.36 bits per heavy atom. The highest BCUT2D eigenvalue weighted by atomic mass is 35.5.